The molecule has 1 aromatic carbocycles. The summed E-state index contributed by atoms with van der Waals surface area (Å²) in [7, 11) is 2.05. The second-order valence-corrected chi connectivity index (χ2v) is 7.42. The molecule has 2 unspecified atom stereocenters. The van der Waals surface area contributed by atoms with E-state index in [9.17, 15) is 0 Å². The van der Waals surface area contributed by atoms with E-state index >= 15 is 0 Å². The van der Waals surface area contributed by atoms with Gasteiger partial charge in [0.2, 0.25) is 0 Å². The Labute approximate surface area is 122 Å². The molecule has 2 atom stereocenters. The van der Waals surface area contributed by atoms with Gasteiger partial charge in [0, 0.05) is 42.6 Å². The summed E-state index contributed by atoms with van der Waals surface area (Å²) in [6.45, 7) is 9.33. The maximum atomic E-state index is 3.38. The average Bonchev–Trinajstić information content (AvgIpc) is 2.40. The molecule has 1 aromatic rings. The number of hydrogen-bond acceptors (Lipinski definition) is 3. The lowest BCUT2D eigenvalue weighted by atomic mass is 9.81. The highest BCUT2D eigenvalue weighted by atomic mass is 32.2. The van der Waals surface area contributed by atoms with Crippen molar-refractivity contribution in [3.8, 4) is 0 Å². The van der Waals surface area contributed by atoms with Crippen molar-refractivity contribution in [3.63, 3.8) is 0 Å². The van der Waals surface area contributed by atoms with Crippen LogP contribution in [0, 0.1) is 0 Å². The van der Waals surface area contributed by atoms with Crippen LogP contribution in [0.3, 0.4) is 0 Å². The van der Waals surface area contributed by atoms with Crippen LogP contribution in [-0.2, 0) is 5.41 Å². The first kappa shape index (κ1) is 14.9. The summed E-state index contributed by atoms with van der Waals surface area (Å²) >= 11 is 2.10. The van der Waals surface area contributed by atoms with Crippen LogP contribution in [0.5, 0.6) is 0 Å². The van der Waals surface area contributed by atoms with Crippen LogP contribution in [0.15, 0.2) is 30.3 Å². The summed E-state index contributed by atoms with van der Waals surface area (Å²) in [5.74, 6) is 1.27. The van der Waals surface area contributed by atoms with E-state index in [1.165, 1.54) is 24.4 Å². The zero-order valence-corrected chi connectivity index (χ0v) is 13.2. The molecule has 1 saturated heterocycles. The van der Waals surface area contributed by atoms with Crippen LogP contribution in [0.25, 0.3) is 0 Å². The van der Waals surface area contributed by atoms with Crippen molar-refractivity contribution in [2.75, 3.05) is 39.0 Å². The van der Waals surface area contributed by atoms with Crippen molar-refractivity contribution in [2.45, 2.75) is 24.5 Å². The smallest absolute Gasteiger partial charge is 0.0176 e. The quantitative estimate of drug-likeness (QED) is 0.891. The fourth-order valence-corrected chi connectivity index (χ4v) is 4.09. The molecule has 1 fully saturated rings. The number of hydrogen-bond donors (Lipinski definition) is 1. The van der Waals surface area contributed by atoms with Crippen LogP contribution in [0.1, 0.15) is 19.4 Å². The Bertz CT molecular complexity index is 382. The van der Waals surface area contributed by atoms with Gasteiger partial charge in [-0.2, -0.15) is 11.8 Å². The van der Waals surface area contributed by atoms with E-state index in [0.29, 0.717) is 0 Å². The van der Waals surface area contributed by atoms with Crippen molar-refractivity contribution in [3.05, 3.63) is 35.9 Å². The third-order valence-electron chi connectivity index (χ3n) is 3.94. The number of likely N-dealkylation sites (N-methyl/N-ethyl adjacent to an activating group) is 1. The molecule has 1 aliphatic rings. The average molecular weight is 278 g/mol. The Hall–Kier alpha value is -0.510. The number of thioether (sulfide) groups is 1. The van der Waals surface area contributed by atoms with Crippen LogP contribution < -0.4 is 5.32 Å². The predicted molar refractivity (Wildman–Crippen MR) is 86.1 cm³/mol. The van der Waals surface area contributed by atoms with Crippen LogP contribution in [-0.4, -0.2) is 49.1 Å². The van der Waals surface area contributed by atoms with Crippen molar-refractivity contribution in [1.29, 1.82) is 0 Å². The Morgan fingerprint density at radius 2 is 2.11 bits per heavy atom. The van der Waals surface area contributed by atoms with Gasteiger partial charge in [-0.25, -0.2) is 0 Å². The summed E-state index contributed by atoms with van der Waals surface area (Å²) in [5, 5.41) is 4.14. The minimum Gasteiger partial charge on any atom is -0.319 e. The van der Waals surface area contributed by atoms with Gasteiger partial charge >= 0.3 is 0 Å². The first-order valence-corrected chi connectivity index (χ1v) is 8.23. The van der Waals surface area contributed by atoms with E-state index < -0.39 is 0 Å². The molecule has 1 heterocycles. The van der Waals surface area contributed by atoms with E-state index in [1.54, 1.807) is 0 Å². The van der Waals surface area contributed by atoms with E-state index in [4.69, 9.17) is 0 Å². The third-order valence-corrected chi connectivity index (χ3v) is 5.07. The zero-order chi connectivity index (χ0) is 13.7. The molecule has 2 nitrogen and oxygen atoms in total. The monoisotopic (exact) mass is 278 g/mol. The molecule has 0 saturated carbocycles. The molecule has 3 heteroatoms. The van der Waals surface area contributed by atoms with Crippen LogP contribution in [0.2, 0.25) is 0 Å². The molecular formula is C16H26N2S. The van der Waals surface area contributed by atoms with Crippen LogP contribution in [0.4, 0.5) is 0 Å². The second kappa shape index (κ2) is 6.78. The molecule has 19 heavy (non-hydrogen) atoms. The normalized spacial score (nSPS) is 24.1. The summed E-state index contributed by atoms with van der Waals surface area (Å²) in [6, 6.07) is 10.9. The fourth-order valence-electron chi connectivity index (χ4n) is 3.01. The topological polar surface area (TPSA) is 15.3 Å². The van der Waals surface area contributed by atoms with Gasteiger partial charge in [-0.15, -0.1) is 0 Å². The molecule has 0 aromatic heterocycles. The molecular weight excluding hydrogens is 252 g/mol. The molecule has 0 aliphatic carbocycles. The highest BCUT2D eigenvalue weighted by Gasteiger charge is 2.30. The van der Waals surface area contributed by atoms with Gasteiger partial charge in [-0.05, 0) is 12.6 Å². The summed E-state index contributed by atoms with van der Waals surface area (Å²) in [6.07, 6.45) is 0. The van der Waals surface area contributed by atoms with Gasteiger partial charge in [0.15, 0.2) is 0 Å². The summed E-state index contributed by atoms with van der Waals surface area (Å²) in [5.41, 5.74) is 1.63. The molecule has 1 aliphatic heterocycles. The summed E-state index contributed by atoms with van der Waals surface area (Å²) in [4.78, 5) is 2.63. The minimum absolute atomic E-state index is 0.192. The maximum Gasteiger partial charge on any atom is 0.0176 e. The molecule has 2 rings (SSSR count). The maximum absolute atomic E-state index is 3.38. The van der Waals surface area contributed by atoms with Crippen molar-refractivity contribution in [2.24, 2.45) is 0 Å². The molecule has 106 valence electrons. The van der Waals surface area contributed by atoms with E-state index in [2.05, 4.69) is 73.2 Å². The van der Waals surface area contributed by atoms with Gasteiger partial charge in [0.1, 0.15) is 0 Å². The lowest BCUT2D eigenvalue weighted by Crippen LogP contribution is -2.48. The first-order chi connectivity index (χ1) is 9.14. The highest BCUT2D eigenvalue weighted by Crippen LogP contribution is 2.27. The Morgan fingerprint density at radius 3 is 2.74 bits per heavy atom. The van der Waals surface area contributed by atoms with Gasteiger partial charge < -0.3 is 10.2 Å². The molecule has 0 radical (unpaired) electrons. The van der Waals surface area contributed by atoms with Crippen molar-refractivity contribution in [1.82, 2.24) is 10.2 Å². The number of nitrogens with zero attached hydrogens (tertiary/aromatic N) is 1. The van der Waals surface area contributed by atoms with Crippen molar-refractivity contribution >= 4 is 11.8 Å². The van der Waals surface area contributed by atoms with Gasteiger partial charge in [-0.1, -0.05) is 44.2 Å². The van der Waals surface area contributed by atoms with Crippen LogP contribution >= 0.6 is 11.8 Å². The number of benzene rings is 1. The number of rotatable bonds is 5. The third kappa shape index (κ3) is 3.98. The standard InChI is InChI=1S/C16H26N2S/c1-14-11-18(9-10-19-14)13-16(2,12-17-3)15-7-5-4-6-8-15/h4-8,14,17H,9-13H2,1-3H3. The zero-order valence-electron chi connectivity index (χ0n) is 12.4. The molecule has 1 N–H and O–H groups in total. The molecule has 0 amide bonds. The van der Waals surface area contributed by atoms with E-state index in [1.807, 2.05) is 0 Å². The Kier molecular flexibility index (Phi) is 5.31. The molecule has 0 spiro atoms. The Balaban J connectivity index is 2.10. The summed E-state index contributed by atoms with van der Waals surface area (Å²) < 4.78 is 0. The number of nitrogens with one attached hydrogen (secondary N) is 1. The lowest BCUT2D eigenvalue weighted by molar-refractivity contribution is 0.220. The Morgan fingerprint density at radius 1 is 1.37 bits per heavy atom. The first-order valence-electron chi connectivity index (χ1n) is 7.18. The van der Waals surface area contributed by atoms with Gasteiger partial charge in [0.05, 0.1) is 0 Å². The molecule has 0 bridgehead atoms. The van der Waals surface area contributed by atoms with Gasteiger partial charge in [-0.3, -0.25) is 0 Å². The predicted octanol–water partition coefficient (Wildman–Crippen LogP) is 2.60. The van der Waals surface area contributed by atoms with Gasteiger partial charge in [0.25, 0.3) is 0 Å². The fraction of sp³-hybridized carbons (Fsp3) is 0.625. The SMILES string of the molecule is CNCC(C)(CN1CCSC(C)C1)c1ccccc1. The van der Waals surface area contributed by atoms with E-state index in [-0.39, 0.29) is 5.41 Å². The lowest BCUT2D eigenvalue weighted by Gasteiger charge is -2.39. The largest absolute Gasteiger partial charge is 0.319 e. The highest BCUT2D eigenvalue weighted by molar-refractivity contribution is 7.99. The second-order valence-electron chi connectivity index (χ2n) is 5.87. The minimum atomic E-state index is 0.192. The van der Waals surface area contributed by atoms with E-state index in [0.717, 1.165) is 18.3 Å². The van der Waals surface area contributed by atoms with Crippen molar-refractivity contribution < 1.29 is 0 Å².